The Balaban J connectivity index is 1.52. The molecule has 1 aliphatic heterocycles. The standard InChI is InChI=1S/C26H22ClN3O4S/c27-19-10-6-17(7-11-19)14-15-29-22(24(32)30(26(29)35)21-4-2-1-3-5-21)16-23(31)28-20-12-8-18(9-13-20)25(33)34/h1-13,22H,14-16H2,(H,28,31)(H,33,34). The Morgan fingerprint density at radius 2 is 1.63 bits per heavy atom. The second-order valence-electron chi connectivity index (χ2n) is 8.01. The van der Waals surface area contributed by atoms with E-state index in [1.165, 1.54) is 29.2 Å². The van der Waals surface area contributed by atoms with Crippen LogP contribution in [0.15, 0.2) is 78.9 Å². The van der Waals surface area contributed by atoms with Crippen molar-refractivity contribution in [3.63, 3.8) is 0 Å². The molecule has 0 bridgehead atoms. The lowest BCUT2D eigenvalue weighted by atomic mass is 10.1. The van der Waals surface area contributed by atoms with Gasteiger partial charge in [0.25, 0.3) is 5.91 Å². The summed E-state index contributed by atoms with van der Waals surface area (Å²) in [7, 11) is 0. The van der Waals surface area contributed by atoms with Gasteiger partial charge in [0.15, 0.2) is 5.11 Å². The lowest BCUT2D eigenvalue weighted by molar-refractivity contribution is -0.124. The smallest absolute Gasteiger partial charge is 0.335 e. The van der Waals surface area contributed by atoms with E-state index in [-0.39, 0.29) is 23.8 Å². The second kappa shape index (κ2) is 10.7. The summed E-state index contributed by atoms with van der Waals surface area (Å²) in [5.41, 5.74) is 2.24. The van der Waals surface area contributed by atoms with Gasteiger partial charge in [0.1, 0.15) is 6.04 Å². The molecule has 0 aromatic heterocycles. The molecule has 1 heterocycles. The lowest BCUT2D eigenvalue weighted by Crippen LogP contribution is -2.39. The van der Waals surface area contributed by atoms with Crippen molar-refractivity contribution < 1.29 is 19.5 Å². The number of amides is 2. The number of benzene rings is 3. The third-order valence-corrected chi connectivity index (χ3v) is 6.35. The second-order valence-corrected chi connectivity index (χ2v) is 8.81. The van der Waals surface area contributed by atoms with Gasteiger partial charge in [-0.1, -0.05) is 41.9 Å². The summed E-state index contributed by atoms with van der Waals surface area (Å²) in [6, 6.07) is 21.6. The number of carboxylic acids is 1. The van der Waals surface area contributed by atoms with Crippen LogP contribution in [0.25, 0.3) is 0 Å². The van der Waals surface area contributed by atoms with Crippen molar-refractivity contribution in [2.75, 3.05) is 16.8 Å². The molecule has 0 radical (unpaired) electrons. The molecule has 2 N–H and O–H groups in total. The number of nitrogens with one attached hydrogen (secondary N) is 1. The van der Waals surface area contributed by atoms with Crippen LogP contribution in [0.2, 0.25) is 5.02 Å². The molecule has 1 aliphatic rings. The minimum absolute atomic E-state index is 0.108. The van der Waals surface area contributed by atoms with E-state index in [0.717, 1.165) is 5.56 Å². The Kier molecular flexibility index (Phi) is 7.43. The van der Waals surface area contributed by atoms with Crippen molar-refractivity contribution in [3.05, 3.63) is 95.0 Å². The molecule has 1 unspecified atom stereocenters. The van der Waals surface area contributed by atoms with Crippen LogP contribution in [0.5, 0.6) is 0 Å². The minimum Gasteiger partial charge on any atom is -0.478 e. The summed E-state index contributed by atoms with van der Waals surface area (Å²) >= 11 is 11.7. The number of anilines is 2. The maximum atomic E-state index is 13.4. The van der Waals surface area contributed by atoms with Crippen LogP contribution in [0.3, 0.4) is 0 Å². The number of nitrogens with zero attached hydrogens (tertiary/aromatic N) is 2. The van der Waals surface area contributed by atoms with Gasteiger partial charge in [0, 0.05) is 17.3 Å². The summed E-state index contributed by atoms with van der Waals surface area (Å²) in [4.78, 5) is 40.6. The van der Waals surface area contributed by atoms with Gasteiger partial charge < -0.3 is 15.3 Å². The van der Waals surface area contributed by atoms with E-state index in [9.17, 15) is 14.4 Å². The number of thiocarbonyl (C=S) groups is 1. The summed E-state index contributed by atoms with van der Waals surface area (Å²) in [5.74, 6) is -1.69. The monoisotopic (exact) mass is 507 g/mol. The number of hydrogen-bond acceptors (Lipinski definition) is 4. The molecule has 0 spiro atoms. The van der Waals surface area contributed by atoms with Gasteiger partial charge in [-0.25, -0.2) is 4.79 Å². The van der Waals surface area contributed by atoms with Crippen LogP contribution in [0.1, 0.15) is 22.3 Å². The first-order valence-electron chi connectivity index (χ1n) is 10.9. The topological polar surface area (TPSA) is 90.0 Å². The average molecular weight is 508 g/mol. The van der Waals surface area contributed by atoms with Gasteiger partial charge in [-0.2, -0.15) is 0 Å². The molecule has 3 aromatic rings. The highest BCUT2D eigenvalue weighted by Gasteiger charge is 2.43. The zero-order valence-corrected chi connectivity index (χ0v) is 20.1. The van der Waals surface area contributed by atoms with Gasteiger partial charge in [0.05, 0.1) is 17.7 Å². The van der Waals surface area contributed by atoms with Crippen LogP contribution in [0, 0.1) is 0 Å². The van der Waals surface area contributed by atoms with Crippen LogP contribution in [-0.2, 0) is 16.0 Å². The van der Waals surface area contributed by atoms with Gasteiger partial charge in [0.2, 0.25) is 5.91 Å². The zero-order valence-electron chi connectivity index (χ0n) is 18.6. The predicted octanol–water partition coefficient (Wildman–Crippen LogP) is 4.61. The van der Waals surface area contributed by atoms with Gasteiger partial charge in [-0.05, 0) is 72.7 Å². The Hall–Kier alpha value is -3.75. The number of aromatic carboxylic acids is 1. The van der Waals surface area contributed by atoms with E-state index in [1.54, 1.807) is 29.2 Å². The van der Waals surface area contributed by atoms with E-state index < -0.39 is 12.0 Å². The Labute approximate surface area is 212 Å². The SMILES string of the molecule is O=C(CC1C(=O)N(c2ccccc2)C(=S)N1CCc1ccc(Cl)cc1)Nc1ccc(C(=O)O)cc1. The molecule has 3 aromatic carbocycles. The highest BCUT2D eigenvalue weighted by Crippen LogP contribution is 2.28. The number of hydrogen-bond donors (Lipinski definition) is 2. The van der Waals surface area contributed by atoms with Crippen LogP contribution in [0.4, 0.5) is 11.4 Å². The first-order valence-corrected chi connectivity index (χ1v) is 11.7. The van der Waals surface area contributed by atoms with E-state index in [4.69, 9.17) is 28.9 Å². The highest BCUT2D eigenvalue weighted by molar-refractivity contribution is 7.80. The van der Waals surface area contributed by atoms with Crippen LogP contribution < -0.4 is 10.2 Å². The zero-order chi connectivity index (χ0) is 24.9. The van der Waals surface area contributed by atoms with Gasteiger partial charge in [-0.3, -0.25) is 14.5 Å². The Bertz CT molecular complexity index is 1250. The summed E-state index contributed by atoms with van der Waals surface area (Å²) in [5, 5.41) is 12.8. The fourth-order valence-corrected chi connectivity index (χ4v) is 4.43. The Morgan fingerprint density at radius 1 is 0.971 bits per heavy atom. The van der Waals surface area contributed by atoms with E-state index >= 15 is 0 Å². The predicted molar refractivity (Wildman–Crippen MR) is 139 cm³/mol. The largest absolute Gasteiger partial charge is 0.478 e. The van der Waals surface area contributed by atoms with Crippen LogP contribution in [-0.4, -0.2) is 45.5 Å². The molecule has 0 saturated carbocycles. The molecule has 9 heteroatoms. The highest BCUT2D eigenvalue weighted by atomic mass is 35.5. The van der Waals surface area contributed by atoms with Crippen molar-refractivity contribution >= 4 is 58.1 Å². The lowest BCUT2D eigenvalue weighted by Gasteiger charge is -2.24. The fraction of sp³-hybridized carbons (Fsp3) is 0.154. The number of halogens is 1. The first kappa shape index (κ1) is 24.4. The quantitative estimate of drug-likeness (QED) is 0.433. The fourth-order valence-electron chi connectivity index (χ4n) is 3.89. The van der Waals surface area contributed by atoms with Crippen molar-refractivity contribution in [2.45, 2.75) is 18.9 Å². The number of para-hydroxylation sites is 1. The van der Waals surface area contributed by atoms with Crippen molar-refractivity contribution in [2.24, 2.45) is 0 Å². The minimum atomic E-state index is -1.05. The first-order chi connectivity index (χ1) is 16.8. The molecule has 1 fully saturated rings. The average Bonchev–Trinajstić information content (AvgIpc) is 3.08. The summed E-state index contributed by atoms with van der Waals surface area (Å²) in [6.07, 6.45) is 0.506. The van der Waals surface area contributed by atoms with Crippen LogP contribution >= 0.6 is 23.8 Å². The van der Waals surface area contributed by atoms with Crippen molar-refractivity contribution in [1.82, 2.24) is 4.90 Å². The maximum Gasteiger partial charge on any atom is 0.335 e. The van der Waals surface area contributed by atoms with Gasteiger partial charge >= 0.3 is 5.97 Å². The van der Waals surface area contributed by atoms with Crippen molar-refractivity contribution in [1.29, 1.82) is 0 Å². The Morgan fingerprint density at radius 3 is 2.26 bits per heavy atom. The molecule has 1 saturated heterocycles. The summed E-state index contributed by atoms with van der Waals surface area (Å²) in [6.45, 7) is 0.445. The molecule has 1 atom stereocenters. The maximum absolute atomic E-state index is 13.4. The normalized spacial score (nSPS) is 15.4. The van der Waals surface area contributed by atoms with Crippen molar-refractivity contribution in [3.8, 4) is 0 Å². The molecule has 4 rings (SSSR count). The van der Waals surface area contributed by atoms with E-state index in [1.807, 2.05) is 30.3 Å². The number of rotatable bonds is 8. The third kappa shape index (κ3) is 5.67. The molecule has 35 heavy (non-hydrogen) atoms. The molecular formula is C26H22ClN3O4S. The van der Waals surface area contributed by atoms with E-state index in [0.29, 0.717) is 34.5 Å². The number of carbonyl (C=O) groups excluding carboxylic acids is 2. The number of carbonyl (C=O) groups is 3. The third-order valence-electron chi connectivity index (χ3n) is 5.68. The van der Waals surface area contributed by atoms with Gasteiger partial charge in [-0.15, -0.1) is 0 Å². The molecule has 178 valence electrons. The molecule has 2 amide bonds. The summed E-state index contributed by atoms with van der Waals surface area (Å²) < 4.78 is 0. The molecule has 0 aliphatic carbocycles. The molecular weight excluding hydrogens is 486 g/mol. The molecule has 7 nitrogen and oxygen atoms in total. The van der Waals surface area contributed by atoms with E-state index in [2.05, 4.69) is 5.32 Å². The number of carboxylic acid groups (broad SMARTS) is 1.